The van der Waals surface area contributed by atoms with Crippen molar-refractivity contribution in [3.63, 3.8) is 0 Å². The molecule has 4 rings (SSSR count). The van der Waals surface area contributed by atoms with Gasteiger partial charge in [0.15, 0.2) is 5.75 Å². The van der Waals surface area contributed by atoms with Crippen molar-refractivity contribution in [2.45, 2.75) is 25.0 Å². The molecule has 0 bridgehead atoms. The van der Waals surface area contributed by atoms with E-state index < -0.39 is 10.0 Å². The van der Waals surface area contributed by atoms with Crippen molar-refractivity contribution in [3.8, 4) is 11.4 Å². The minimum Gasteiger partial charge on any atom is -0.483 e. The Kier molecular flexibility index (Phi) is 4.49. The van der Waals surface area contributed by atoms with E-state index >= 15 is 0 Å². The molecule has 1 aromatic carbocycles. The van der Waals surface area contributed by atoms with Crippen molar-refractivity contribution in [3.05, 3.63) is 42.7 Å². The number of para-hydroxylation sites is 1. The average molecular weight is 363 g/mol. The molecular weight excluding hydrogens is 342 g/mol. The van der Waals surface area contributed by atoms with Crippen molar-refractivity contribution >= 4 is 10.0 Å². The normalized spacial score (nSPS) is 23.7. The van der Waals surface area contributed by atoms with Gasteiger partial charge in [0.1, 0.15) is 6.10 Å². The lowest BCUT2D eigenvalue weighted by molar-refractivity contribution is 0.140. The molecule has 7 nitrogen and oxygen atoms in total. The maximum absolute atomic E-state index is 12.2. The Labute approximate surface area is 147 Å². The lowest BCUT2D eigenvalue weighted by Gasteiger charge is -2.19. The van der Waals surface area contributed by atoms with E-state index in [0.29, 0.717) is 24.9 Å². The molecule has 1 aromatic heterocycles. The predicted molar refractivity (Wildman–Crippen MR) is 92.2 cm³/mol. The number of nitrogens with one attached hydrogen (secondary N) is 1. The van der Waals surface area contributed by atoms with Crippen molar-refractivity contribution in [2.24, 2.45) is 5.92 Å². The van der Waals surface area contributed by atoms with Crippen molar-refractivity contribution < 1.29 is 17.9 Å². The molecule has 2 atom stereocenters. The predicted octanol–water partition coefficient (Wildman–Crippen LogP) is 1.35. The summed E-state index contributed by atoms with van der Waals surface area (Å²) in [5.74, 6) is 1.09. The second-order valence-electron chi connectivity index (χ2n) is 6.60. The fraction of sp³-hybridized carbons (Fsp3) is 0.471. The second-order valence-corrected chi connectivity index (χ2v) is 8.40. The van der Waals surface area contributed by atoms with Crippen LogP contribution in [0, 0.1) is 5.92 Å². The molecule has 0 radical (unpaired) electrons. The van der Waals surface area contributed by atoms with E-state index in [1.165, 1.54) is 0 Å². The van der Waals surface area contributed by atoms with Gasteiger partial charge >= 0.3 is 0 Å². The first-order valence-electron chi connectivity index (χ1n) is 8.43. The van der Waals surface area contributed by atoms with Crippen LogP contribution >= 0.6 is 0 Å². The number of rotatable bonds is 7. The van der Waals surface area contributed by atoms with E-state index in [0.717, 1.165) is 18.5 Å². The summed E-state index contributed by atoms with van der Waals surface area (Å²) in [6, 6.07) is 9.34. The molecule has 1 saturated carbocycles. The summed E-state index contributed by atoms with van der Waals surface area (Å²) in [7, 11) is -3.30. The highest BCUT2D eigenvalue weighted by Gasteiger charge is 2.36. The maximum atomic E-state index is 12.2. The fourth-order valence-electron chi connectivity index (χ4n) is 2.90. The highest BCUT2D eigenvalue weighted by atomic mass is 32.2. The monoisotopic (exact) mass is 363 g/mol. The van der Waals surface area contributed by atoms with E-state index in [1.54, 1.807) is 17.1 Å². The zero-order valence-electron chi connectivity index (χ0n) is 13.7. The minimum absolute atomic E-state index is 0.197. The average Bonchev–Trinajstić information content (AvgIpc) is 3.09. The zero-order valence-corrected chi connectivity index (χ0v) is 14.6. The SMILES string of the molecule is O=S(=O)(CC1CC1)N[C@@H]1COC[C@@H]1Oc1cnn(-c2ccccc2)c1. The highest BCUT2D eigenvalue weighted by molar-refractivity contribution is 7.89. The topological polar surface area (TPSA) is 82.5 Å². The first kappa shape index (κ1) is 16.6. The van der Waals surface area contributed by atoms with Crippen LogP contribution in [-0.2, 0) is 14.8 Å². The maximum Gasteiger partial charge on any atom is 0.212 e. The van der Waals surface area contributed by atoms with Gasteiger partial charge in [0.05, 0.1) is 43.1 Å². The van der Waals surface area contributed by atoms with Crippen LogP contribution in [0.2, 0.25) is 0 Å². The van der Waals surface area contributed by atoms with Gasteiger partial charge in [0.25, 0.3) is 0 Å². The van der Waals surface area contributed by atoms with Crippen LogP contribution in [-0.4, -0.2) is 49.3 Å². The van der Waals surface area contributed by atoms with E-state index in [4.69, 9.17) is 9.47 Å². The number of aromatic nitrogens is 2. The highest BCUT2D eigenvalue weighted by Crippen LogP contribution is 2.30. The summed E-state index contributed by atoms with van der Waals surface area (Å²) in [6.07, 6.45) is 5.05. The largest absolute Gasteiger partial charge is 0.483 e. The molecule has 0 amide bonds. The zero-order chi connectivity index (χ0) is 17.3. The number of hydrogen-bond acceptors (Lipinski definition) is 5. The van der Waals surface area contributed by atoms with Gasteiger partial charge in [-0.2, -0.15) is 5.10 Å². The molecule has 1 saturated heterocycles. The quantitative estimate of drug-likeness (QED) is 0.803. The molecule has 2 heterocycles. The lowest BCUT2D eigenvalue weighted by Crippen LogP contribution is -2.46. The third kappa shape index (κ3) is 4.20. The van der Waals surface area contributed by atoms with Gasteiger partial charge in [-0.3, -0.25) is 0 Å². The summed E-state index contributed by atoms with van der Waals surface area (Å²) in [5.41, 5.74) is 0.932. The molecule has 1 N–H and O–H groups in total. The van der Waals surface area contributed by atoms with E-state index in [2.05, 4.69) is 9.82 Å². The summed E-state index contributed by atoms with van der Waals surface area (Å²) >= 11 is 0. The minimum atomic E-state index is -3.30. The second kappa shape index (κ2) is 6.78. The van der Waals surface area contributed by atoms with Gasteiger partial charge in [-0.05, 0) is 30.9 Å². The van der Waals surface area contributed by atoms with E-state index in [9.17, 15) is 8.42 Å². The molecule has 8 heteroatoms. The third-order valence-corrected chi connectivity index (χ3v) is 5.95. The number of benzene rings is 1. The number of sulfonamides is 1. The number of nitrogens with zero attached hydrogens (tertiary/aromatic N) is 2. The van der Waals surface area contributed by atoms with E-state index in [-0.39, 0.29) is 17.9 Å². The van der Waals surface area contributed by atoms with Gasteiger partial charge in [0.2, 0.25) is 10.0 Å². The number of ether oxygens (including phenoxy) is 2. The first-order valence-corrected chi connectivity index (χ1v) is 10.1. The third-order valence-electron chi connectivity index (χ3n) is 4.38. The summed E-state index contributed by atoms with van der Waals surface area (Å²) in [4.78, 5) is 0. The van der Waals surface area contributed by atoms with Gasteiger partial charge in [-0.25, -0.2) is 17.8 Å². The Morgan fingerprint density at radius 2 is 2.04 bits per heavy atom. The van der Waals surface area contributed by atoms with Crippen LogP contribution < -0.4 is 9.46 Å². The van der Waals surface area contributed by atoms with Gasteiger partial charge < -0.3 is 9.47 Å². The van der Waals surface area contributed by atoms with Crippen LogP contribution in [0.5, 0.6) is 5.75 Å². The number of hydrogen-bond donors (Lipinski definition) is 1. The van der Waals surface area contributed by atoms with Gasteiger partial charge in [0, 0.05) is 0 Å². The Balaban J connectivity index is 1.40. The lowest BCUT2D eigenvalue weighted by atomic mass is 10.2. The molecule has 2 fully saturated rings. The fourth-order valence-corrected chi connectivity index (χ4v) is 4.63. The first-order chi connectivity index (χ1) is 12.1. The smallest absolute Gasteiger partial charge is 0.212 e. The molecule has 0 spiro atoms. The van der Waals surface area contributed by atoms with Crippen molar-refractivity contribution in [1.29, 1.82) is 0 Å². The molecule has 2 aromatic rings. The molecule has 1 aliphatic heterocycles. The molecule has 25 heavy (non-hydrogen) atoms. The van der Waals surface area contributed by atoms with Crippen LogP contribution in [0.1, 0.15) is 12.8 Å². The molecule has 2 aliphatic rings. The van der Waals surface area contributed by atoms with Crippen LogP contribution in [0.15, 0.2) is 42.7 Å². The Bertz CT molecular complexity index is 817. The van der Waals surface area contributed by atoms with Crippen LogP contribution in [0.25, 0.3) is 5.69 Å². The standard InChI is InChI=1S/C17H21N3O4S/c21-25(22,12-13-6-7-13)19-16-10-23-11-17(16)24-15-8-18-20(9-15)14-4-2-1-3-5-14/h1-5,8-9,13,16-17,19H,6-7,10-12H2/t16-,17+/m1/s1. The Hall–Kier alpha value is -1.90. The molecule has 134 valence electrons. The molecule has 0 unspecified atom stereocenters. The van der Waals surface area contributed by atoms with Crippen molar-refractivity contribution in [2.75, 3.05) is 19.0 Å². The molecular formula is C17H21N3O4S. The summed E-state index contributed by atoms with van der Waals surface area (Å²) in [6.45, 7) is 0.675. The van der Waals surface area contributed by atoms with Crippen molar-refractivity contribution in [1.82, 2.24) is 14.5 Å². The van der Waals surface area contributed by atoms with Crippen LogP contribution in [0.4, 0.5) is 0 Å². The summed E-state index contributed by atoms with van der Waals surface area (Å²) < 4.78 is 40.2. The van der Waals surface area contributed by atoms with E-state index in [1.807, 2.05) is 30.3 Å². The summed E-state index contributed by atoms with van der Waals surface area (Å²) in [5, 5.41) is 4.29. The van der Waals surface area contributed by atoms with Gasteiger partial charge in [-0.1, -0.05) is 18.2 Å². The Morgan fingerprint density at radius 3 is 2.80 bits per heavy atom. The van der Waals surface area contributed by atoms with Crippen LogP contribution in [0.3, 0.4) is 0 Å². The van der Waals surface area contributed by atoms with Gasteiger partial charge in [-0.15, -0.1) is 0 Å². The Morgan fingerprint density at radius 1 is 1.24 bits per heavy atom. The molecule has 1 aliphatic carbocycles.